The van der Waals surface area contributed by atoms with Crippen LogP contribution in [0, 0.1) is 0 Å². The minimum absolute atomic E-state index is 0. The van der Waals surface area contributed by atoms with Gasteiger partial charge in [-0.1, -0.05) is 90.9 Å². The van der Waals surface area contributed by atoms with Gasteiger partial charge in [0.1, 0.15) is 12.2 Å². The van der Waals surface area contributed by atoms with Crippen LogP contribution in [0.2, 0.25) is 0 Å². The molecule has 0 heterocycles. The summed E-state index contributed by atoms with van der Waals surface area (Å²) in [6.07, 6.45) is 12.1. The minimum atomic E-state index is -1.33. The Balaban J connectivity index is 0. The quantitative estimate of drug-likeness (QED) is 0.159. The molecule has 1 aliphatic carbocycles. The standard InChI is InChI=1S/C24H50N2O4.2ClH/c1-3-5-7-9-11-13-15-17-25-19-20(22(28)24(30)23(29)21(19)27)26-18-16-14-12-10-8-6-4-2;;/h19-30H,3-18H2,1-2H3;2*1H/t19-,20+,21-,22-,23+,24+;;/m0../s1. The number of hydrogen-bond donors (Lipinski definition) is 6. The summed E-state index contributed by atoms with van der Waals surface area (Å²) < 4.78 is 0. The van der Waals surface area contributed by atoms with Crippen molar-refractivity contribution in [1.82, 2.24) is 10.6 Å². The summed E-state index contributed by atoms with van der Waals surface area (Å²) in [6.45, 7) is 5.91. The fourth-order valence-corrected chi connectivity index (χ4v) is 4.45. The van der Waals surface area contributed by atoms with Crippen LogP contribution in [0.4, 0.5) is 0 Å². The number of nitrogens with one attached hydrogen (secondary N) is 2. The molecule has 6 nitrogen and oxygen atoms in total. The maximum Gasteiger partial charge on any atom is 0.110 e. The zero-order chi connectivity index (χ0) is 22.2. The van der Waals surface area contributed by atoms with Crippen LogP contribution in [-0.4, -0.2) is 70.0 Å². The normalized spacial score (nSPS) is 27.6. The molecule has 1 aliphatic rings. The van der Waals surface area contributed by atoms with Crippen molar-refractivity contribution in [2.75, 3.05) is 13.1 Å². The molecule has 6 atom stereocenters. The Morgan fingerprint density at radius 3 is 1.03 bits per heavy atom. The maximum atomic E-state index is 10.5. The van der Waals surface area contributed by atoms with Gasteiger partial charge in [-0.15, -0.1) is 24.8 Å². The predicted molar refractivity (Wildman–Crippen MR) is 138 cm³/mol. The maximum absolute atomic E-state index is 10.5. The Morgan fingerprint density at radius 2 is 0.719 bits per heavy atom. The van der Waals surface area contributed by atoms with Gasteiger partial charge >= 0.3 is 0 Å². The van der Waals surface area contributed by atoms with Crippen molar-refractivity contribution in [3.63, 3.8) is 0 Å². The molecule has 0 radical (unpaired) electrons. The van der Waals surface area contributed by atoms with Crippen LogP contribution in [0.3, 0.4) is 0 Å². The molecule has 8 heteroatoms. The van der Waals surface area contributed by atoms with Gasteiger partial charge in [0.15, 0.2) is 0 Å². The van der Waals surface area contributed by atoms with Crippen LogP contribution in [-0.2, 0) is 0 Å². The summed E-state index contributed by atoms with van der Waals surface area (Å²) in [7, 11) is 0. The first-order valence-electron chi connectivity index (χ1n) is 12.7. The van der Waals surface area contributed by atoms with Gasteiger partial charge in [-0.3, -0.25) is 0 Å². The molecule has 32 heavy (non-hydrogen) atoms. The molecular formula is C24H52Cl2N2O4. The van der Waals surface area contributed by atoms with Gasteiger partial charge in [-0.05, 0) is 25.9 Å². The summed E-state index contributed by atoms with van der Waals surface area (Å²) in [5, 5.41) is 47.9. The van der Waals surface area contributed by atoms with Gasteiger partial charge in [-0.25, -0.2) is 0 Å². The zero-order valence-electron chi connectivity index (χ0n) is 20.4. The van der Waals surface area contributed by atoms with Gasteiger partial charge in [0, 0.05) is 0 Å². The molecule has 0 saturated heterocycles. The van der Waals surface area contributed by atoms with E-state index in [2.05, 4.69) is 24.5 Å². The van der Waals surface area contributed by atoms with E-state index in [4.69, 9.17) is 0 Å². The second kappa shape index (κ2) is 21.8. The third-order valence-electron chi connectivity index (χ3n) is 6.49. The Morgan fingerprint density at radius 1 is 0.438 bits per heavy atom. The molecule has 0 bridgehead atoms. The van der Waals surface area contributed by atoms with Crippen LogP contribution in [0.25, 0.3) is 0 Å². The largest absolute Gasteiger partial charge is 0.389 e. The van der Waals surface area contributed by atoms with E-state index >= 15 is 0 Å². The van der Waals surface area contributed by atoms with Crippen molar-refractivity contribution in [3.05, 3.63) is 0 Å². The van der Waals surface area contributed by atoms with Gasteiger partial charge in [0.05, 0.1) is 24.3 Å². The lowest BCUT2D eigenvalue weighted by molar-refractivity contribution is -0.159. The molecule has 0 aromatic carbocycles. The molecule has 0 spiro atoms. The summed E-state index contributed by atoms with van der Waals surface area (Å²) >= 11 is 0. The second-order valence-electron chi connectivity index (χ2n) is 9.16. The topological polar surface area (TPSA) is 105 Å². The van der Waals surface area contributed by atoms with E-state index in [0.29, 0.717) is 0 Å². The number of aliphatic hydroxyl groups is 4. The van der Waals surface area contributed by atoms with E-state index in [0.717, 1.165) is 38.8 Å². The monoisotopic (exact) mass is 502 g/mol. The molecule has 6 N–H and O–H groups in total. The second-order valence-corrected chi connectivity index (χ2v) is 9.16. The number of hydrogen-bond acceptors (Lipinski definition) is 6. The van der Waals surface area contributed by atoms with Crippen molar-refractivity contribution >= 4 is 24.8 Å². The van der Waals surface area contributed by atoms with E-state index in [1.54, 1.807) is 0 Å². The first-order chi connectivity index (χ1) is 14.5. The van der Waals surface area contributed by atoms with E-state index < -0.39 is 36.5 Å². The summed E-state index contributed by atoms with van der Waals surface area (Å²) in [6, 6.07) is -0.939. The Kier molecular flexibility index (Phi) is 23.6. The third-order valence-corrected chi connectivity index (χ3v) is 6.49. The average Bonchev–Trinajstić information content (AvgIpc) is 2.75. The lowest BCUT2D eigenvalue weighted by Crippen LogP contribution is -2.71. The molecule has 0 aromatic rings. The smallest absolute Gasteiger partial charge is 0.110 e. The van der Waals surface area contributed by atoms with Crippen molar-refractivity contribution in [2.45, 2.75) is 140 Å². The molecular weight excluding hydrogens is 451 g/mol. The third kappa shape index (κ3) is 13.3. The first-order valence-corrected chi connectivity index (χ1v) is 12.7. The predicted octanol–water partition coefficient (Wildman–Crippen LogP) is 3.70. The van der Waals surface area contributed by atoms with Crippen LogP contribution >= 0.6 is 24.8 Å². The molecule has 1 rings (SSSR count). The highest BCUT2D eigenvalue weighted by Crippen LogP contribution is 2.22. The van der Waals surface area contributed by atoms with Crippen molar-refractivity contribution in [2.24, 2.45) is 0 Å². The molecule has 0 unspecified atom stereocenters. The minimum Gasteiger partial charge on any atom is -0.389 e. The molecule has 0 aromatic heterocycles. The number of aliphatic hydroxyl groups excluding tert-OH is 4. The highest BCUT2D eigenvalue weighted by atomic mass is 35.5. The summed E-state index contributed by atoms with van der Waals surface area (Å²) in [5.41, 5.74) is 0. The highest BCUT2D eigenvalue weighted by Gasteiger charge is 2.48. The van der Waals surface area contributed by atoms with E-state index in [9.17, 15) is 20.4 Å². The van der Waals surface area contributed by atoms with Crippen molar-refractivity contribution < 1.29 is 20.4 Å². The SMILES string of the molecule is CCCCCCCCCN[C@@H]1[C@H](O)[C@@H](O)[C@H](O)[C@@H](O)[C@@H]1NCCCCCCCCC.Cl.Cl. The van der Waals surface area contributed by atoms with E-state index in [-0.39, 0.29) is 24.8 Å². The van der Waals surface area contributed by atoms with Crippen LogP contribution in [0.5, 0.6) is 0 Å². The van der Waals surface area contributed by atoms with Crippen LogP contribution in [0.1, 0.15) is 104 Å². The van der Waals surface area contributed by atoms with Gasteiger partial charge in [0.2, 0.25) is 0 Å². The average molecular weight is 504 g/mol. The van der Waals surface area contributed by atoms with Gasteiger partial charge < -0.3 is 31.1 Å². The Labute approximate surface area is 209 Å². The summed E-state index contributed by atoms with van der Waals surface area (Å²) in [5.74, 6) is 0. The number of rotatable bonds is 18. The lowest BCUT2D eigenvalue weighted by Gasteiger charge is -2.45. The van der Waals surface area contributed by atoms with Gasteiger partial charge in [0.25, 0.3) is 0 Å². The highest BCUT2D eigenvalue weighted by molar-refractivity contribution is 5.85. The van der Waals surface area contributed by atoms with E-state index in [1.165, 1.54) is 64.2 Å². The number of unbranched alkanes of at least 4 members (excludes halogenated alkanes) is 12. The first kappa shape index (κ1) is 34.5. The fraction of sp³-hybridized carbons (Fsp3) is 1.00. The summed E-state index contributed by atoms with van der Waals surface area (Å²) in [4.78, 5) is 0. The lowest BCUT2D eigenvalue weighted by atomic mass is 9.81. The number of halogens is 2. The van der Waals surface area contributed by atoms with Gasteiger partial charge in [-0.2, -0.15) is 0 Å². The Hall–Kier alpha value is 0.340. The van der Waals surface area contributed by atoms with Crippen LogP contribution in [0.15, 0.2) is 0 Å². The fourth-order valence-electron chi connectivity index (χ4n) is 4.45. The molecule has 0 amide bonds. The molecule has 0 aliphatic heterocycles. The Bertz CT molecular complexity index is 374. The molecule has 1 saturated carbocycles. The van der Waals surface area contributed by atoms with E-state index in [1.807, 2.05) is 0 Å². The zero-order valence-corrected chi connectivity index (χ0v) is 22.0. The molecule has 196 valence electrons. The van der Waals surface area contributed by atoms with Crippen LogP contribution < -0.4 is 10.6 Å². The van der Waals surface area contributed by atoms with Crippen molar-refractivity contribution in [1.29, 1.82) is 0 Å². The molecule has 1 fully saturated rings. The van der Waals surface area contributed by atoms with Crippen molar-refractivity contribution in [3.8, 4) is 0 Å².